The van der Waals surface area contributed by atoms with Crippen LogP contribution in [-0.4, -0.2) is 32.4 Å². The number of rotatable bonds is 3. The van der Waals surface area contributed by atoms with Gasteiger partial charge >= 0.3 is 5.97 Å². The summed E-state index contributed by atoms with van der Waals surface area (Å²) in [5, 5.41) is 5.30. The molecule has 126 valence electrons. The lowest BCUT2D eigenvalue weighted by atomic mass is 10.1. The smallest absolute Gasteiger partial charge is 0.373 e. The molecule has 0 unspecified atom stereocenters. The molecule has 0 radical (unpaired) electrons. The van der Waals surface area contributed by atoms with Crippen molar-refractivity contribution in [3.63, 3.8) is 0 Å². The molecule has 0 amide bonds. The van der Waals surface area contributed by atoms with Gasteiger partial charge in [0.2, 0.25) is 5.76 Å². The first-order chi connectivity index (χ1) is 12.1. The Bertz CT molecular complexity index is 1170. The second-order valence-electron chi connectivity index (χ2n) is 5.66. The third kappa shape index (κ3) is 2.47. The molecule has 0 saturated carbocycles. The molecule has 4 aromatic rings. The third-order valence-electron chi connectivity index (χ3n) is 4.04. The normalized spacial score (nSPS) is 11.3. The molecular formula is C17H14N4O4. The quantitative estimate of drug-likeness (QED) is 0.528. The van der Waals surface area contributed by atoms with Crippen LogP contribution in [0.5, 0.6) is 0 Å². The number of ether oxygens (including phenoxy) is 1. The Morgan fingerprint density at radius 1 is 1.32 bits per heavy atom. The van der Waals surface area contributed by atoms with Gasteiger partial charge in [-0.15, -0.1) is 0 Å². The molecule has 8 nitrogen and oxygen atoms in total. The van der Waals surface area contributed by atoms with Crippen LogP contribution in [0.15, 0.2) is 46.0 Å². The first kappa shape index (κ1) is 15.1. The Balaban J connectivity index is 1.72. The molecular weight excluding hydrogens is 324 g/mol. The van der Waals surface area contributed by atoms with Crippen molar-refractivity contribution in [2.45, 2.75) is 6.54 Å². The van der Waals surface area contributed by atoms with Gasteiger partial charge < -0.3 is 9.15 Å². The van der Waals surface area contributed by atoms with Gasteiger partial charge in [-0.05, 0) is 23.8 Å². The first-order valence-corrected chi connectivity index (χ1v) is 7.55. The lowest BCUT2D eigenvalue weighted by molar-refractivity contribution is 0.0567. The number of hydrogen-bond acceptors (Lipinski definition) is 6. The van der Waals surface area contributed by atoms with Gasteiger partial charge in [-0.25, -0.2) is 9.78 Å². The monoisotopic (exact) mass is 338 g/mol. The van der Waals surface area contributed by atoms with E-state index in [-0.39, 0.29) is 11.3 Å². The number of hydrogen-bond donors (Lipinski definition) is 0. The van der Waals surface area contributed by atoms with Crippen LogP contribution in [0.1, 0.15) is 16.1 Å². The highest BCUT2D eigenvalue weighted by atomic mass is 16.5. The molecule has 0 aliphatic carbocycles. The van der Waals surface area contributed by atoms with Crippen molar-refractivity contribution >= 4 is 28.0 Å². The number of nitrogens with zero attached hydrogens (tertiary/aromatic N) is 4. The number of furan rings is 1. The highest BCUT2D eigenvalue weighted by molar-refractivity contribution is 5.92. The van der Waals surface area contributed by atoms with Crippen LogP contribution < -0.4 is 5.56 Å². The molecule has 0 bridgehead atoms. The van der Waals surface area contributed by atoms with Gasteiger partial charge in [-0.2, -0.15) is 5.10 Å². The number of methoxy groups -OCH3 is 1. The standard InChI is InChI=1S/C17H14N4O4/c1-20-15-12(7-19-20)16(22)21(9-18-15)8-10-3-4-13-11(5-10)6-14(25-13)17(23)24-2/h3-7,9H,8H2,1-2H3. The predicted octanol–water partition coefficient (Wildman–Crippen LogP) is 1.71. The van der Waals surface area contributed by atoms with Crippen molar-refractivity contribution in [1.82, 2.24) is 19.3 Å². The predicted molar refractivity (Wildman–Crippen MR) is 89.4 cm³/mol. The molecule has 3 aromatic heterocycles. The van der Waals surface area contributed by atoms with E-state index < -0.39 is 5.97 Å². The van der Waals surface area contributed by atoms with E-state index in [2.05, 4.69) is 14.8 Å². The van der Waals surface area contributed by atoms with Crippen LogP contribution in [0, 0.1) is 0 Å². The summed E-state index contributed by atoms with van der Waals surface area (Å²) in [4.78, 5) is 28.4. The van der Waals surface area contributed by atoms with E-state index in [1.165, 1.54) is 24.2 Å². The zero-order valence-corrected chi connectivity index (χ0v) is 13.6. The summed E-state index contributed by atoms with van der Waals surface area (Å²) in [5.74, 6) is -0.384. The molecule has 0 atom stereocenters. The van der Waals surface area contributed by atoms with E-state index in [4.69, 9.17) is 4.42 Å². The Labute approximate surface area is 141 Å². The largest absolute Gasteiger partial charge is 0.463 e. The van der Waals surface area contributed by atoms with Crippen molar-refractivity contribution in [2.75, 3.05) is 7.11 Å². The Hall–Kier alpha value is -3.42. The summed E-state index contributed by atoms with van der Waals surface area (Å²) >= 11 is 0. The van der Waals surface area contributed by atoms with Gasteiger partial charge in [0.15, 0.2) is 5.65 Å². The minimum Gasteiger partial charge on any atom is -0.463 e. The number of aryl methyl sites for hydroxylation is 1. The fraction of sp³-hybridized carbons (Fsp3) is 0.176. The fourth-order valence-electron chi connectivity index (χ4n) is 2.77. The fourth-order valence-corrected chi connectivity index (χ4v) is 2.77. The van der Waals surface area contributed by atoms with Gasteiger partial charge in [0, 0.05) is 12.4 Å². The van der Waals surface area contributed by atoms with Crippen molar-refractivity contribution in [1.29, 1.82) is 0 Å². The van der Waals surface area contributed by atoms with E-state index in [9.17, 15) is 9.59 Å². The van der Waals surface area contributed by atoms with Crippen molar-refractivity contribution in [3.05, 3.63) is 58.5 Å². The Morgan fingerprint density at radius 2 is 2.16 bits per heavy atom. The molecule has 0 saturated heterocycles. The topological polar surface area (TPSA) is 92.2 Å². The number of aromatic nitrogens is 4. The SMILES string of the molecule is COC(=O)c1cc2cc(Cn3cnc4c(cnn4C)c3=O)ccc2o1. The van der Waals surface area contributed by atoms with Crippen molar-refractivity contribution in [2.24, 2.45) is 7.05 Å². The molecule has 4 rings (SSSR count). The second kappa shape index (κ2) is 5.59. The number of carbonyl (C=O) groups excluding carboxylic acids is 1. The zero-order valence-electron chi connectivity index (χ0n) is 13.6. The maximum atomic E-state index is 12.5. The summed E-state index contributed by atoms with van der Waals surface area (Å²) < 4.78 is 13.2. The van der Waals surface area contributed by atoms with E-state index in [0.29, 0.717) is 23.2 Å². The first-order valence-electron chi connectivity index (χ1n) is 7.55. The number of fused-ring (bicyclic) bond motifs is 2. The molecule has 0 aliphatic heterocycles. The van der Waals surface area contributed by atoms with Gasteiger partial charge in [-0.1, -0.05) is 6.07 Å². The average molecular weight is 338 g/mol. The summed E-state index contributed by atoms with van der Waals surface area (Å²) in [6.45, 7) is 0.353. The van der Waals surface area contributed by atoms with Crippen LogP contribution in [-0.2, 0) is 18.3 Å². The summed E-state index contributed by atoms with van der Waals surface area (Å²) in [6, 6.07) is 7.09. The molecule has 0 aliphatic rings. The van der Waals surface area contributed by atoms with Crippen LogP contribution >= 0.6 is 0 Å². The lowest BCUT2D eigenvalue weighted by Crippen LogP contribution is -2.21. The molecule has 0 spiro atoms. The van der Waals surface area contributed by atoms with Gasteiger partial charge in [0.25, 0.3) is 5.56 Å². The van der Waals surface area contributed by atoms with Gasteiger partial charge in [0.1, 0.15) is 17.3 Å². The van der Waals surface area contributed by atoms with Crippen LogP contribution in [0.3, 0.4) is 0 Å². The number of benzene rings is 1. The van der Waals surface area contributed by atoms with Crippen molar-refractivity contribution < 1.29 is 13.9 Å². The number of carbonyl (C=O) groups is 1. The van der Waals surface area contributed by atoms with Gasteiger partial charge in [-0.3, -0.25) is 14.0 Å². The van der Waals surface area contributed by atoms with Crippen LogP contribution in [0.4, 0.5) is 0 Å². The van der Waals surface area contributed by atoms with E-state index in [0.717, 1.165) is 10.9 Å². The second-order valence-corrected chi connectivity index (χ2v) is 5.66. The van der Waals surface area contributed by atoms with E-state index in [1.807, 2.05) is 12.1 Å². The Kier molecular flexibility index (Phi) is 3.38. The molecule has 1 aromatic carbocycles. The Morgan fingerprint density at radius 3 is 2.96 bits per heavy atom. The van der Waals surface area contributed by atoms with Crippen LogP contribution in [0.2, 0.25) is 0 Å². The van der Waals surface area contributed by atoms with Gasteiger partial charge in [0.05, 0.1) is 19.9 Å². The maximum Gasteiger partial charge on any atom is 0.373 e. The molecule has 3 heterocycles. The summed E-state index contributed by atoms with van der Waals surface area (Å²) in [7, 11) is 3.04. The number of esters is 1. The average Bonchev–Trinajstić information content (AvgIpc) is 3.20. The minimum atomic E-state index is -0.528. The summed E-state index contributed by atoms with van der Waals surface area (Å²) in [5.41, 5.74) is 1.86. The van der Waals surface area contributed by atoms with Crippen molar-refractivity contribution in [3.8, 4) is 0 Å². The van der Waals surface area contributed by atoms with Crippen LogP contribution in [0.25, 0.3) is 22.0 Å². The molecule has 0 fully saturated rings. The maximum absolute atomic E-state index is 12.5. The zero-order chi connectivity index (χ0) is 17.6. The van der Waals surface area contributed by atoms with E-state index in [1.54, 1.807) is 23.9 Å². The highest BCUT2D eigenvalue weighted by Gasteiger charge is 2.13. The molecule has 0 N–H and O–H groups in total. The molecule has 25 heavy (non-hydrogen) atoms. The summed E-state index contributed by atoms with van der Waals surface area (Å²) in [6.07, 6.45) is 3.02. The molecule has 8 heteroatoms. The lowest BCUT2D eigenvalue weighted by Gasteiger charge is -2.05. The third-order valence-corrected chi connectivity index (χ3v) is 4.04. The van der Waals surface area contributed by atoms with E-state index >= 15 is 0 Å². The minimum absolute atomic E-state index is 0.144. The highest BCUT2D eigenvalue weighted by Crippen LogP contribution is 2.21.